The van der Waals surface area contributed by atoms with Crippen LogP contribution in [-0.2, 0) is 16.9 Å². The fourth-order valence-corrected chi connectivity index (χ4v) is 4.90. The van der Waals surface area contributed by atoms with E-state index in [1.807, 2.05) is 71.7 Å². The number of hydrogen-bond acceptors (Lipinski definition) is 7. The molecule has 4 heterocycles. The van der Waals surface area contributed by atoms with Gasteiger partial charge in [-0.3, -0.25) is 9.58 Å². The number of benzene rings is 2. The summed E-state index contributed by atoms with van der Waals surface area (Å²) in [5, 5.41) is 15.8. The summed E-state index contributed by atoms with van der Waals surface area (Å²) < 4.78 is 7.39. The number of fused-ring (bicyclic) bond motifs is 1. The molecule has 0 bridgehead atoms. The third-order valence-corrected chi connectivity index (χ3v) is 7.27. The number of aliphatic hydroxyl groups is 1. The molecule has 5 aromatic rings. The van der Waals surface area contributed by atoms with Gasteiger partial charge in [-0.15, -0.1) is 0 Å². The molecule has 1 aliphatic rings. The number of ether oxygens (including phenoxy) is 1. The Morgan fingerprint density at radius 2 is 1.82 bits per heavy atom. The molecule has 4 N–H and O–H groups in total. The van der Waals surface area contributed by atoms with E-state index in [0.717, 1.165) is 78.2 Å². The van der Waals surface area contributed by atoms with Gasteiger partial charge in [0.1, 0.15) is 17.2 Å². The number of pyridine rings is 1. The Labute approximate surface area is 220 Å². The van der Waals surface area contributed by atoms with Crippen LogP contribution in [0, 0.1) is 0 Å². The van der Waals surface area contributed by atoms with Crippen LogP contribution in [0.15, 0.2) is 73.2 Å². The van der Waals surface area contributed by atoms with E-state index in [1.165, 1.54) is 0 Å². The van der Waals surface area contributed by atoms with Crippen LogP contribution in [-0.4, -0.2) is 67.6 Å². The number of morpholine rings is 1. The Bertz CT molecular complexity index is 1550. The van der Waals surface area contributed by atoms with Gasteiger partial charge in [0, 0.05) is 43.2 Å². The van der Waals surface area contributed by atoms with Gasteiger partial charge in [-0.2, -0.15) is 5.10 Å². The molecule has 1 unspecified atom stereocenters. The molecule has 0 amide bonds. The van der Waals surface area contributed by atoms with E-state index in [4.69, 9.17) is 15.5 Å². The van der Waals surface area contributed by atoms with Crippen LogP contribution in [0.1, 0.15) is 18.1 Å². The van der Waals surface area contributed by atoms with Crippen molar-refractivity contribution in [1.82, 2.24) is 29.6 Å². The molecule has 0 spiro atoms. The molecule has 194 valence electrons. The molecule has 38 heavy (non-hydrogen) atoms. The Balaban J connectivity index is 1.26. The highest BCUT2D eigenvalue weighted by molar-refractivity contribution is 5.84. The van der Waals surface area contributed by atoms with Crippen LogP contribution < -0.4 is 5.73 Å². The first-order chi connectivity index (χ1) is 18.5. The minimum Gasteiger partial charge on any atom is -0.383 e. The van der Waals surface area contributed by atoms with E-state index < -0.39 is 5.60 Å². The fraction of sp³-hybridized carbons (Fsp3) is 0.276. The highest BCUT2D eigenvalue weighted by Crippen LogP contribution is 2.33. The van der Waals surface area contributed by atoms with Crippen molar-refractivity contribution < 1.29 is 9.84 Å². The van der Waals surface area contributed by atoms with E-state index in [9.17, 15) is 5.11 Å². The quantitative estimate of drug-likeness (QED) is 0.306. The van der Waals surface area contributed by atoms with Gasteiger partial charge >= 0.3 is 0 Å². The van der Waals surface area contributed by atoms with Crippen LogP contribution in [0.25, 0.3) is 33.5 Å². The Morgan fingerprint density at radius 3 is 2.63 bits per heavy atom. The molecule has 1 aliphatic heterocycles. The zero-order chi connectivity index (χ0) is 26.1. The van der Waals surface area contributed by atoms with E-state index in [1.54, 1.807) is 13.1 Å². The minimum atomic E-state index is -1.14. The number of nitrogens with two attached hydrogens (primary N) is 1. The van der Waals surface area contributed by atoms with Gasteiger partial charge in [0.05, 0.1) is 42.6 Å². The number of nitrogens with zero attached hydrogens (tertiary/aromatic N) is 5. The molecule has 3 aromatic heterocycles. The molecule has 1 fully saturated rings. The molecule has 0 aliphatic carbocycles. The van der Waals surface area contributed by atoms with Crippen molar-refractivity contribution in [3.8, 4) is 22.5 Å². The Hall–Kier alpha value is -4.05. The van der Waals surface area contributed by atoms with Crippen molar-refractivity contribution in [3.05, 3.63) is 84.3 Å². The maximum absolute atomic E-state index is 11.3. The summed E-state index contributed by atoms with van der Waals surface area (Å²) in [6, 6.07) is 17.4. The predicted octanol–water partition coefficient (Wildman–Crippen LogP) is 3.66. The molecule has 1 saturated heterocycles. The number of imidazole rings is 1. The first-order valence-corrected chi connectivity index (χ1v) is 12.8. The van der Waals surface area contributed by atoms with Gasteiger partial charge in [0.15, 0.2) is 0 Å². The number of nitrogens with one attached hydrogen (secondary N) is 1. The highest BCUT2D eigenvalue weighted by Gasteiger charge is 2.26. The van der Waals surface area contributed by atoms with E-state index >= 15 is 0 Å². The number of H-pyrrole nitrogens is 1. The Morgan fingerprint density at radius 1 is 1.00 bits per heavy atom. The van der Waals surface area contributed by atoms with E-state index in [2.05, 4.69) is 20.0 Å². The third kappa shape index (κ3) is 4.79. The lowest BCUT2D eigenvalue weighted by Crippen LogP contribution is -2.38. The number of hydrogen-bond donors (Lipinski definition) is 3. The highest BCUT2D eigenvalue weighted by atomic mass is 16.5. The SMILES string of the molecule is CC(O)(c1ccccc1)c1ccc2nc(-c3cc(-c4cnn(CCN5CCOCC5)c4)cnc3N)[nH]c2c1. The first-order valence-electron chi connectivity index (χ1n) is 12.8. The second-order valence-electron chi connectivity index (χ2n) is 9.86. The summed E-state index contributed by atoms with van der Waals surface area (Å²) in [6.45, 7) is 7.05. The summed E-state index contributed by atoms with van der Waals surface area (Å²) in [7, 11) is 0. The third-order valence-electron chi connectivity index (χ3n) is 7.27. The summed E-state index contributed by atoms with van der Waals surface area (Å²) in [5.41, 5.74) is 11.0. The van der Waals surface area contributed by atoms with Crippen LogP contribution in [0.3, 0.4) is 0 Å². The minimum absolute atomic E-state index is 0.393. The zero-order valence-corrected chi connectivity index (χ0v) is 21.3. The van der Waals surface area contributed by atoms with Crippen LogP contribution >= 0.6 is 0 Å². The van der Waals surface area contributed by atoms with Crippen molar-refractivity contribution in [1.29, 1.82) is 0 Å². The molecule has 9 nitrogen and oxygen atoms in total. The maximum atomic E-state index is 11.3. The normalized spacial score (nSPS) is 16.1. The number of rotatable bonds is 7. The van der Waals surface area contributed by atoms with Crippen molar-refractivity contribution in [3.63, 3.8) is 0 Å². The lowest BCUT2D eigenvalue weighted by atomic mass is 9.88. The van der Waals surface area contributed by atoms with Gasteiger partial charge in [-0.25, -0.2) is 9.97 Å². The number of nitrogen functional groups attached to an aromatic ring is 1. The summed E-state index contributed by atoms with van der Waals surface area (Å²) >= 11 is 0. The van der Waals surface area contributed by atoms with Gasteiger partial charge in [-0.1, -0.05) is 36.4 Å². The molecule has 0 radical (unpaired) electrons. The van der Waals surface area contributed by atoms with Gasteiger partial charge in [0.2, 0.25) is 0 Å². The van der Waals surface area contributed by atoms with Gasteiger partial charge in [0.25, 0.3) is 0 Å². The zero-order valence-electron chi connectivity index (χ0n) is 21.3. The largest absolute Gasteiger partial charge is 0.383 e. The van der Waals surface area contributed by atoms with Crippen LogP contribution in [0.4, 0.5) is 5.82 Å². The molecular formula is C29H31N7O2. The fourth-order valence-electron chi connectivity index (χ4n) is 4.90. The second-order valence-corrected chi connectivity index (χ2v) is 9.86. The summed E-state index contributed by atoms with van der Waals surface area (Å²) in [6.07, 6.45) is 5.65. The van der Waals surface area contributed by atoms with Crippen LogP contribution in [0.2, 0.25) is 0 Å². The molecule has 6 rings (SSSR count). The number of aromatic nitrogens is 5. The summed E-state index contributed by atoms with van der Waals surface area (Å²) in [5.74, 6) is 1.02. The van der Waals surface area contributed by atoms with Gasteiger partial charge < -0.3 is 20.6 Å². The summed E-state index contributed by atoms with van der Waals surface area (Å²) in [4.78, 5) is 15.0. The first kappa shape index (κ1) is 24.3. The van der Waals surface area contributed by atoms with Crippen molar-refractivity contribution >= 4 is 16.9 Å². The predicted molar refractivity (Wildman–Crippen MR) is 147 cm³/mol. The maximum Gasteiger partial charge on any atom is 0.142 e. The lowest BCUT2D eigenvalue weighted by Gasteiger charge is -2.26. The van der Waals surface area contributed by atoms with Crippen molar-refractivity contribution in [2.24, 2.45) is 0 Å². The second kappa shape index (κ2) is 10.0. The number of anilines is 1. The topological polar surface area (TPSA) is 118 Å². The van der Waals surface area contributed by atoms with Gasteiger partial charge in [-0.05, 0) is 36.2 Å². The molecule has 9 heteroatoms. The molecule has 2 aromatic carbocycles. The lowest BCUT2D eigenvalue weighted by molar-refractivity contribution is 0.0360. The number of aromatic amines is 1. The van der Waals surface area contributed by atoms with E-state index in [0.29, 0.717) is 11.6 Å². The standard InChI is InChI=1S/C29H31N7O2/c1-29(37,22-5-3-2-4-6-22)23-7-8-25-26(16-23)34-28(33-25)24-15-20(17-31-27(24)30)21-18-32-36(19-21)10-9-35-11-13-38-14-12-35/h2-8,15-19,37H,9-14H2,1H3,(H2,30,31)(H,33,34). The van der Waals surface area contributed by atoms with Crippen molar-refractivity contribution in [2.75, 3.05) is 38.6 Å². The van der Waals surface area contributed by atoms with E-state index in [-0.39, 0.29) is 0 Å². The average Bonchev–Trinajstić information content (AvgIpc) is 3.60. The molecule has 0 saturated carbocycles. The Kier molecular flexibility index (Phi) is 6.40. The molecule has 1 atom stereocenters. The average molecular weight is 510 g/mol. The smallest absolute Gasteiger partial charge is 0.142 e. The van der Waals surface area contributed by atoms with Crippen LogP contribution in [0.5, 0.6) is 0 Å². The monoisotopic (exact) mass is 509 g/mol. The molecular weight excluding hydrogens is 478 g/mol. The van der Waals surface area contributed by atoms with Crippen molar-refractivity contribution in [2.45, 2.75) is 19.1 Å².